The fourth-order valence-electron chi connectivity index (χ4n) is 4.63. The van der Waals surface area contributed by atoms with Crippen molar-refractivity contribution < 1.29 is 19.1 Å². The van der Waals surface area contributed by atoms with E-state index < -0.39 is 11.2 Å². The quantitative estimate of drug-likeness (QED) is 0.567. The Morgan fingerprint density at radius 3 is 1.69 bits per heavy atom. The minimum absolute atomic E-state index is 0.0980. The van der Waals surface area contributed by atoms with Crippen LogP contribution in [0.3, 0.4) is 0 Å². The van der Waals surface area contributed by atoms with Crippen LogP contribution in [0.1, 0.15) is 79.6 Å². The molecule has 2 N–H and O–H groups in total. The van der Waals surface area contributed by atoms with Crippen LogP contribution in [0.15, 0.2) is 0 Å². The van der Waals surface area contributed by atoms with Gasteiger partial charge in [0.15, 0.2) is 0 Å². The van der Waals surface area contributed by atoms with E-state index in [2.05, 4.69) is 10.6 Å². The molecule has 29 heavy (non-hydrogen) atoms. The molecule has 6 nitrogen and oxygen atoms in total. The van der Waals surface area contributed by atoms with E-state index in [1.807, 2.05) is 34.6 Å². The average Bonchev–Trinajstić information content (AvgIpc) is 2.67. The van der Waals surface area contributed by atoms with Crippen molar-refractivity contribution in [2.75, 3.05) is 26.2 Å². The summed E-state index contributed by atoms with van der Waals surface area (Å²) >= 11 is 0. The Morgan fingerprint density at radius 2 is 1.24 bits per heavy atom. The standard InChI is InChI=1S/C23H42N2O4/c1-17(16-21(27)29-23(4,5)19-10-14-25-15-11-19)6-7-20(26)28-22(2,3)18-8-12-24-13-9-18/h17-19,24-25H,6-16H2,1-5H3. The zero-order chi connectivity index (χ0) is 21.5. The van der Waals surface area contributed by atoms with Gasteiger partial charge in [-0.2, -0.15) is 0 Å². The summed E-state index contributed by atoms with van der Waals surface area (Å²) in [6.07, 6.45) is 5.48. The Labute approximate surface area is 176 Å². The van der Waals surface area contributed by atoms with Gasteiger partial charge in [-0.1, -0.05) is 6.92 Å². The second kappa shape index (κ2) is 10.8. The average molecular weight is 411 g/mol. The van der Waals surface area contributed by atoms with Gasteiger partial charge < -0.3 is 20.1 Å². The minimum Gasteiger partial charge on any atom is -0.459 e. The van der Waals surface area contributed by atoms with Crippen molar-refractivity contribution in [2.24, 2.45) is 17.8 Å². The summed E-state index contributed by atoms with van der Waals surface area (Å²) in [7, 11) is 0. The molecular weight excluding hydrogens is 368 g/mol. The lowest BCUT2D eigenvalue weighted by molar-refractivity contribution is -0.166. The van der Waals surface area contributed by atoms with Gasteiger partial charge in [0.05, 0.1) is 0 Å². The molecule has 1 unspecified atom stereocenters. The lowest BCUT2D eigenvalue weighted by Crippen LogP contribution is -2.43. The van der Waals surface area contributed by atoms with Gasteiger partial charge in [0.25, 0.3) is 0 Å². The van der Waals surface area contributed by atoms with Gasteiger partial charge in [-0.3, -0.25) is 9.59 Å². The van der Waals surface area contributed by atoms with Gasteiger partial charge in [0, 0.05) is 24.7 Å². The van der Waals surface area contributed by atoms with Crippen molar-refractivity contribution in [1.29, 1.82) is 0 Å². The van der Waals surface area contributed by atoms with E-state index in [4.69, 9.17) is 9.47 Å². The number of hydrogen-bond donors (Lipinski definition) is 2. The van der Waals surface area contributed by atoms with Crippen LogP contribution >= 0.6 is 0 Å². The highest BCUT2D eigenvalue weighted by Crippen LogP contribution is 2.31. The van der Waals surface area contributed by atoms with E-state index in [0.717, 1.165) is 51.9 Å². The molecule has 0 bridgehead atoms. The van der Waals surface area contributed by atoms with Crippen molar-refractivity contribution in [3.8, 4) is 0 Å². The third-order valence-electron chi connectivity index (χ3n) is 6.75. The molecule has 0 radical (unpaired) electrons. The molecular formula is C23H42N2O4. The molecule has 2 rings (SSSR count). The minimum atomic E-state index is -0.434. The predicted molar refractivity (Wildman–Crippen MR) is 115 cm³/mol. The van der Waals surface area contributed by atoms with E-state index in [1.165, 1.54) is 0 Å². The van der Waals surface area contributed by atoms with E-state index in [0.29, 0.717) is 31.1 Å². The highest BCUT2D eigenvalue weighted by Gasteiger charge is 2.35. The zero-order valence-electron chi connectivity index (χ0n) is 19.1. The summed E-state index contributed by atoms with van der Waals surface area (Å²) in [4.78, 5) is 24.8. The Hall–Kier alpha value is -1.14. The molecule has 2 fully saturated rings. The van der Waals surface area contributed by atoms with Crippen molar-refractivity contribution in [3.05, 3.63) is 0 Å². The highest BCUT2D eigenvalue weighted by atomic mass is 16.6. The number of ether oxygens (including phenoxy) is 2. The molecule has 0 aromatic rings. The maximum Gasteiger partial charge on any atom is 0.306 e. The molecule has 0 aromatic heterocycles. The highest BCUT2D eigenvalue weighted by molar-refractivity contribution is 5.71. The topological polar surface area (TPSA) is 76.7 Å². The van der Waals surface area contributed by atoms with E-state index in [-0.39, 0.29) is 17.9 Å². The van der Waals surface area contributed by atoms with Gasteiger partial charge in [-0.05, 0) is 91.9 Å². The maximum absolute atomic E-state index is 12.4. The predicted octanol–water partition coefficient (Wildman–Crippen LogP) is 3.44. The second-order valence-corrected chi connectivity index (χ2v) is 10.1. The summed E-state index contributed by atoms with van der Waals surface area (Å²) in [6, 6.07) is 0. The summed E-state index contributed by atoms with van der Waals surface area (Å²) in [5.74, 6) is 0.571. The first-order valence-corrected chi connectivity index (χ1v) is 11.5. The first-order valence-electron chi connectivity index (χ1n) is 11.5. The normalized spacial score (nSPS) is 20.9. The van der Waals surface area contributed by atoms with Crippen LogP contribution in [0.5, 0.6) is 0 Å². The number of carbonyl (C=O) groups is 2. The van der Waals surface area contributed by atoms with Crippen LogP contribution in [0.4, 0.5) is 0 Å². The van der Waals surface area contributed by atoms with Crippen LogP contribution in [0, 0.1) is 17.8 Å². The number of carbonyl (C=O) groups excluding carboxylic acids is 2. The smallest absolute Gasteiger partial charge is 0.306 e. The number of nitrogens with one attached hydrogen (secondary N) is 2. The van der Waals surface area contributed by atoms with E-state index in [9.17, 15) is 9.59 Å². The molecule has 0 spiro atoms. The molecule has 0 amide bonds. The summed E-state index contributed by atoms with van der Waals surface area (Å²) in [5, 5.41) is 6.70. The fourth-order valence-corrected chi connectivity index (χ4v) is 4.63. The molecule has 0 aromatic carbocycles. The maximum atomic E-state index is 12.4. The summed E-state index contributed by atoms with van der Waals surface area (Å²) in [6.45, 7) is 14.0. The number of piperidine rings is 2. The summed E-state index contributed by atoms with van der Waals surface area (Å²) in [5.41, 5.74) is -0.864. The molecule has 0 aliphatic carbocycles. The van der Waals surface area contributed by atoms with Gasteiger partial charge >= 0.3 is 11.9 Å². The van der Waals surface area contributed by atoms with Gasteiger partial charge in [-0.15, -0.1) is 0 Å². The van der Waals surface area contributed by atoms with Crippen LogP contribution in [-0.2, 0) is 19.1 Å². The van der Waals surface area contributed by atoms with Crippen LogP contribution in [-0.4, -0.2) is 49.3 Å². The van der Waals surface area contributed by atoms with Crippen molar-refractivity contribution in [1.82, 2.24) is 10.6 Å². The first kappa shape index (κ1) is 24.1. The molecule has 2 saturated heterocycles. The fraction of sp³-hybridized carbons (Fsp3) is 0.913. The largest absolute Gasteiger partial charge is 0.459 e. The molecule has 2 aliphatic rings. The van der Waals surface area contributed by atoms with E-state index >= 15 is 0 Å². The lowest BCUT2D eigenvalue weighted by atomic mass is 9.83. The molecule has 1 atom stereocenters. The number of hydrogen-bond acceptors (Lipinski definition) is 6. The monoisotopic (exact) mass is 410 g/mol. The van der Waals surface area contributed by atoms with Gasteiger partial charge in [0.1, 0.15) is 11.2 Å². The molecule has 2 heterocycles. The van der Waals surface area contributed by atoms with Crippen LogP contribution in [0.25, 0.3) is 0 Å². The first-order chi connectivity index (χ1) is 13.6. The van der Waals surface area contributed by atoms with Gasteiger partial charge in [-0.25, -0.2) is 0 Å². The molecule has 6 heteroatoms. The summed E-state index contributed by atoms with van der Waals surface area (Å²) < 4.78 is 11.6. The molecule has 168 valence electrons. The lowest BCUT2D eigenvalue weighted by Gasteiger charge is -2.37. The van der Waals surface area contributed by atoms with Gasteiger partial charge in [0.2, 0.25) is 0 Å². The third kappa shape index (κ3) is 7.89. The number of rotatable bonds is 9. The number of esters is 2. The zero-order valence-corrected chi connectivity index (χ0v) is 19.1. The van der Waals surface area contributed by atoms with Crippen LogP contribution < -0.4 is 10.6 Å². The van der Waals surface area contributed by atoms with Crippen molar-refractivity contribution in [3.63, 3.8) is 0 Å². The molecule has 0 saturated carbocycles. The molecule has 2 aliphatic heterocycles. The van der Waals surface area contributed by atoms with E-state index in [1.54, 1.807) is 0 Å². The Kier molecular flexibility index (Phi) is 8.95. The van der Waals surface area contributed by atoms with Crippen molar-refractivity contribution in [2.45, 2.75) is 90.8 Å². The van der Waals surface area contributed by atoms with Crippen LogP contribution in [0.2, 0.25) is 0 Å². The SMILES string of the molecule is CC(CCC(=O)OC(C)(C)C1CCNCC1)CC(=O)OC(C)(C)C1CCNCC1. The third-order valence-corrected chi connectivity index (χ3v) is 6.75. The van der Waals surface area contributed by atoms with Crippen molar-refractivity contribution >= 4 is 11.9 Å². The Balaban J connectivity index is 1.70. The Bertz CT molecular complexity index is 535. The Morgan fingerprint density at radius 1 is 0.828 bits per heavy atom. The second-order valence-electron chi connectivity index (χ2n) is 10.1.